The Bertz CT molecular complexity index is 466. The van der Waals surface area contributed by atoms with Crippen molar-refractivity contribution in [3.8, 4) is 0 Å². The lowest BCUT2D eigenvalue weighted by molar-refractivity contribution is 0.753. The molecule has 118 valence electrons. The summed E-state index contributed by atoms with van der Waals surface area (Å²) in [6, 6.07) is 0.503. The fourth-order valence-electron chi connectivity index (χ4n) is 2.86. The number of hydrogen-bond donors (Lipinski definition) is 3. The first-order valence-corrected chi connectivity index (χ1v) is 8.96. The van der Waals surface area contributed by atoms with Crippen LogP contribution in [0.2, 0.25) is 0 Å². The minimum atomic E-state index is 0.503. The molecule has 0 bridgehead atoms. The van der Waals surface area contributed by atoms with Crippen LogP contribution in [-0.2, 0) is 6.42 Å². The van der Waals surface area contributed by atoms with E-state index in [4.69, 9.17) is 10.8 Å². The second-order valence-electron chi connectivity index (χ2n) is 5.53. The number of thioether (sulfide) groups is 1. The van der Waals surface area contributed by atoms with E-state index < -0.39 is 0 Å². The summed E-state index contributed by atoms with van der Waals surface area (Å²) in [5, 5.41) is 4.34. The van der Waals surface area contributed by atoms with Crippen molar-refractivity contribution in [1.82, 2.24) is 9.97 Å². The van der Waals surface area contributed by atoms with Gasteiger partial charge < -0.3 is 10.7 Å². The van der Waals surface area contributed by atoms with E-state index in [9.17, 15) is 0 Å². The first-order valence-electron chi connectivity index (χ1n) is 7.91. The van der Waals surface area contributed by atoms with E-state index in [1.165, 1.54) is 25.0 Å². The van der Waals surface area contributed by atoms with Crippen molar-refractivity contribution in [2.75, 3.05) is 16.5 Å². The lowest BCUT2D eigenvalue weighted by atomic mass is 10.2. The van der Waals surface area contributed by atoms with Crippen molar-refractivity contribution in [3.63, 3.8) is 0 Å². The summed E-state index contributed by atoms with van der Waals surface area (Å²) < 4.78 is 0. The molecular weight excluding hydrogens is 282 g/mol. The van der Waals surface area contributed by atoms with Gasteiger partial charge in [-0.1, -0.05) is 20.3 Å². The molecular formula is C15H27N5S. The quantitative estimate of drug-likeness (QED) is 0.531. The van der Waals surface area contributed by atoms with E-state index in [1.54, 1.807) is 0 Å². The summed E-state index contributed by atoms with van der Waals surface area (Å²) in [6.07, 6.45) is 5.72. The predicted molar refractivity (Wildman–Crippen MR) is 91.8 cm³/mol. The first kappa shape index (κ1) is 16.4. The Labute approximate surface area is 131 Å². The first-order chi connectivity index (χ1) is 10.2. The van der Waals surface area contributed by atoms with Crippen molar-refractivity contribution in [2.24, 2.45) is 5.84 Å². The molecule has 5 nitrogen and oxygen atoms in total. The summed E-state index contributed by atoms with van der Waals surface area (Å²) in [7, 11) is 0. The topological polar surface area (TPSA) is 75.9 Å². The van der Waals surface area contributed by atoms with Gasteiger partial charge in [0.2, 0.25) is 0 Å². The molecule has 1 saturated carbocycles. The van der Waals surface area contributed by atoms with Crippen LogP contribution < -0.4 is 16.6 Å². The van der Waals surface area contributed by atoms with Crippen LogP contribution in [0.15, 0.2) is 0 Å². The Hall–Kier alpha value is -1.01. The fraction of sp³-hybridized carbons (Fsp3) is 0.733. The van der Waals surface area contributed by atoms with Gasteiger partial charge in [-0.3, -0.25) is 0 Å². The molecule has 1 fully saturated rings. The molecule has 0 amide bonds. The summed E-state index contributed by atoms with van der Waals surface area (Å²) in [5.74, 6) is 9.29. The summed E-state index contributed by atoms with van der Waals surface area (Å²) in [4.78, 5) is 9.18. The second kappa shape index (κ2) is 7.84. The van der Waals surface area contributed by atoms with Crippen molar-refractivity contribution >= 4 is 23.4 Å². The van der Waals surface area contributed by atoms with Gasteiger partial charge >= 0.3 is 0 Å². The molecule has 0 saturated heterocycles. The van der Waals surface area contributed by atoms with Gasteiger partial charge in [0.15, 0.2) is 0 Å². The van der Waals surface area contributed by atoms with Crippen LogP contribution in [0, 0.1) is 6.92 Å². The third kappa shape index (κ3) is 4.01. The highest BCUT2D eigenvalue weighted by Crippen LogP contribution is 2.33. The lowest BCUT2D eigenvalue weighted by Crippen LogP contribution is -2.28. The van der Waals surface area contributed by atoms with E-state index >= 15 is 0 Å². The van der Waals surface area contributed by atoms with Crippen molar-refractivity contribution in [1.29, 1.82) is 0 Å². The fourth-order valence-corrected chi connectivity index (χ4v) is 4.06. The van der Waals surface area contributed by atoms with Gasteiger partial charge in [-0.25, -0.2) is 15.8 Å². The van der Waals surface area contributed by atoms with E-state index in [0.29, 0.717) is 11.3 Å². The van der Waals surface area contributed by atoms with Gasteiger partial charge in [0.1, 0.15) is 17.5 Å². The van der Waals surface area contributed by atoms with Crippen molar-refractivity contribution < 1.29 is 0 Å². The van der Waals surface area contributed by atoms with Gasteiger partial charge in [-0.05, 0) is 31.9 Å². The minimum Gasteiger partial charge on any atom is -0.366 e. The molecule has 1 heterocycles. The van der Waals surface area contributed by atoms with Gasteiger partial charge in [0.05, 0.1) is 0 Å². The largest absolute Gasteiger partial charge is 0.366 e. The van der Waals surface area contributed by atoms with Crippen LogP contribution >= 0.6 is 11.8 Å². The van der Waals surface area contributed by atoms with Crippen LogP contribution in [0.4, 0.5) is 11.6 Å². The lowest BCUT2D eigenvalue weighted by Gasteiger charge is -2.22. The van der Waals surface area contributed by atoms with Gasteiger partial charge in [-0.2, -0.15) is 11.8 Å². The van der Waals surface area contributed by atoms with Crippen LogP contribution in [-0.4, -0.2) is 27.0 Å². The van der Waals surface area contributed by atoms with E-state index in [-0.39, 0.29) is 0 Å². The number of rotatable bonds is 7. The Morgan fingerprint density at radius 3 is 2.67 bits per heavy atom. The highest BCUT2D eigenvalue weighted by Gasteiger charge is 2.28. The molecule has 0 radical (unpaired) electrons. The van der Waals surface area contributed by atoms with E-state index in [2.05, 4.69) is 41.3 Å². The van der Waals surface area contributed by atoms with E-state index in [1.807, 2.05) is 6.92 Å². The number of hydrazine groups is 1. The Morgan fingerprint density at radius 2 is 2.00 bits per heavy atom. The molecule has 2 atom stereocenters. The highest BCUT2D eigenvalue weighted by molar-refractivity contribution is 7.99. The van der Waals surface area contributed by atoms with Crippen LogP contribution in [0.25, 0.3) is 0 Å². The minimum absolute atomic E-state index is 0.503. The Kier molecular flexibility index (Phi) is 6.11. The average Bonchev–Trinajstić information content (AvgIpc) is 2.90. The Morgan fingerprint density at radius 1 is 1.24 bits per heavy atom. The van der Waals surface area contributed by atoms with Crippen LogP contribution in [0.1, 0.15) is 50.9 Å². The third-order valence-corrected chi connectivity index (χ3v) is 5.28. The zero-order chi connectivity index (χ0) is 15.2. The predicted octanol–water partition coefficient (Wildman–Crippen LogP) is 3.11. The summed E-state index contributed by atoms with van der Waals surface area (Å²) in [6.45, 7) is 6.38. The van der Waals surface area contributed by atoms with Crippen molar-refractivity contribution in [3.05, 3.63) is 11.4 Å². The molecule has 1 aliphatic carbocycles. The average molecular weight is 309 g/mol. The SMILES string of the molecule is CCCc1nc(NN)c(C)c(NC2CCCC2SCC)n1. The maximum atomic E-state index is 5.60. The zero-order valence-electron chi connectivity index (χ0n) is 13.3. The van der Waals surface area contributed by atoms with Crippen molar-refractivity contribution in [2.45, 2.75) is 64.2 Å². The van der Waals surface area contributed by atoms with E-state index in [0.717, 1.165) is 35.9 Å². The molecule has 0 aromatic carbocycles. The molecule has 1 aliphatic rings. The maximum Gasteiger partial charge on any atom is 0.148 e. The molecule has 4 N–H and O–H groups in total. The second-order valence-corrected chi connectivity index (χ2v) is 7.05. The number of nitrogens with zero attached hydrogens (tertiary/aromatic N) is 2. The smallest absolute Gasteiger partial charge is 0.148 e. The van der Waals surface area contributed by atoms with Gasteiger partial charge in [-0.15, -0.1) is 0 Å². The molecule has 1 aromatic heterocycles. The van der Waals surface area contributed by atoms with Crippen LogP contribution in [0.5, 0.6) is 0 Å². The Balaban J connectivity index is 2.19. The number of hydrogen-bond acceptors (Lipinski definition) is 6. The maximum absolute atomic E-state index is 5.60. The van der Waals surface area contributed by atoms with Crippen LogP contribution in [0.3, 0.4) is 0 Å². The molecule has 2 rings (SSSR count). The molecule has 21 heavy (non-hydrogen) atoms. The van der Waals surface area contributed by atoms with Gasteiger partial charge in [0, 0.05) is 23.3 Å². The number of nitrogens with two attached hydrogens (primary N) is 1. The highest BCUT2D eigenvalue weighted by atomic mass is 32.2. The molecule has 0 spiro atoms. The number of nitrogen functional groups attached to an aromatic ring is 1. The zero-order valence-corrected chi connectivity index (χ0v) is 14.1. The van der Waals surface area contributed by atoms with Gasteiger partial charge in [0.25, 0.3) is 0 Å². The molecule has 0 aliphatic heterocycles. The summed E-state index contributed by atoms with van der Waals surface area (Å²) in [5.41, 5.74) is 3.70. The normalized spacial score (nSPS) is 21.5. The monoisotopic (exact) mass is 309 g/mol. The number of anilines is 2. The molecule has 1 aromatic rings. The summed E-state index contributed by atoms with van der Waals surface area (Å²) >= 11 is 2.05. The molecule has 2 unspecified atom stereocenters. The number of nitrogens with one attached hydrogen (secondary N) is 2. The number of aryl methyl sites for hydroxylation is 1. The standard InChI is InChI=1S/C15H27N5S/c1-4-7-13-18-14(10(3)15(19-13)20-16)17-11-8-6-9-12(11)21-5-2/h11-12H,4-9,16H2,1-3H3,(H2,17,18,19,20). The molecule has 6 heteroatoms. The number of aromatic nitrogens is 2. The third-order valence-electron chi connectivity index (χ3n) is 3.96.